The van der Waals surface area contributed by atoms with Gasteiger partial charge in [-0.25, -0.2) is 9.00 Å². The van der Waals surface area contributed by atoms with Crippen LogP contribution < -0.4 is 0 Å². The van der Waals surface area contributed by atoms with Gasteiger partial charge in [0, 0.05) is 15.6 Å². The molecule has 6 heteroatoms. The van der Waals surface area contributed by atoms with E-state index in [1.807, 2.05) is 6.07 Å². The zero-order valence-electron chi connectivity index (χ0n) is 10.8. The predicted molar refractivity (Wildman–Crippen MR) is 75.1 cm³/mol. The summed E-state index contributed by atoms with van der Waals surface area (Å²) in [7, 11) is -2.78. The molecule has 0 heterocycles. The molecule has 1 aromatic rings. The van der Waals surface area contributed by atoms with Crippen LogP contribution >= 0.6 is 15.9 Å². The number of ether oxygens (including phenoxy) is 1. The van der Waals surface area contributed by atoms with Gasteiger partial charge < -0.3 is 4.74 Å². The van der Waals surface area contributed by atoms with Crippen LogP contribution in [0.4, 0.5) is 4.79 Å². The quantitative estimate of drug-likeness (QED) is 0.784. The zero-order chi connectivity index (χ0) is 14.0. The van der Waals surface area contributed by atoms with E-state index in [-0.39, 0.29) is 0 Å². The molecule has 0 fully saturated rings. The highest BCUT2D eigenvalue weighted by Gasteiger charge is 2.18. The van der Waals surface area contributed by atoms with Gasteiger partial charge in [0.1, 0.15) is 5.60 Å². The molecule has 0 aliphatic heterocycles. The Labute approximate surface area is 116 Å². The number of amides is 1. The molecule has 0 unspecified atom stereocenters. The smallest absolute Gasteiger partial charge is 0.442 e. The Morgan fingerprint density at radius 3 is 2.50 bits per heavy atom. The fourth-order valence-corrected chi connectivity index (χ4v) is 2.83. The van der Waals surface area contributed by atoms with Gasteiger partial charge in [0.25, 0.3) is 0 Å². The number of hydrogen-bond donors (Lipinski definition) is 0. The highest BCUT2D eigenvalue weighted by Crippen LogP contribution is 2.18. The minimum absolute atomic E-state index is 0.489. The lowest BCUT2D eigenvalue weighted by Gasteiger charge is -2.17. The van der Waals surface area contributed by atoms with Gasteiger partial charge in [-0.05, 0) is 39.0 Å². The van der Waals surface area contributed by atoms with Crippen molar-refractivity contribution in [3.8, 4) is 0 Å². The number of carbonyl (C=O) groups is 1. The third-order valence-corrected chi connectivity index (χ3v) is 3.99. The minimum atomic E-state index is -2.78. The summed E-state index contributed by atoms with van der Waals surface area (Å²) >= 11 is 3.29. The molecule has 1 rings (SSSR count). The SMILES string of the molecule is CC(C)(C)OC(=O)N=[S@](C)(=O)c1cccc(Br)c1. The minimum Gasteiger partial charge on any atom is -0.442 e. The van der Waals surface area contributed by atoms with Crippen LogP contribution in [0.1, 0.15) is 20.8 Å². The first kappa shape index (κ1) is 15.2. The van der Waals surface area contributed by atoms with Crippen molar-refractivity contribution < 1.29 is 13.7 Å². The van der Waals surface area contributed by atoms with Crippen molar-refractivity contribution in [3.05, 3.63) is 28.7 Å². The molecule has 1 amide bonds. The van der Waals surface area contributed by atoms with E-state index in [9.17, 15) is 9.00 Å². The molecule has 4 nitrogen and oxygen atoms in total. The number of halogens is 1. The molecule has 0 saturated heterocycles. The number of carbonyl (C=O) groups excluding carboxylic acids is 1. The molecular weight excluding hydrogens is 318 g/mol. The third-order valence-electron chi connectivity index (χ3n) is 1.88. The van der Waals surface area contributed by atoms with E-state index in [0.717, 1.165) is 4.47 Å². The van der Waals surface area contributed by atoms with E-state index in [1.54, 1.807) is 39.0 Å². The van der Waals surface area contributed by atoms with Crippen LogP contribution in [0.25, 0.3) is 0 Å². The Morgan fingerprint density at radius 2 is 2.00 bits per heavy atom. The van der Waals surface area contributed by atoms with E-state index in [0.29, 0.717) is 4.90 Å². The van der Waals surface area contributed by atoms with Crippen molar-refractivity contribution >= 4 is 31.8 Å². The average Bonchev–Trinajstić information content (AvgIpc) is 2.13. The maximum Gasteiger partial charge on any atom is 0.442 e. The summed E-state index contributed by atoms with van der Waals surface area (Å²) in [6.07, 6.45) is 0.605. The highest BCUT2D eigenvalue weighted by atomic mass is 79.9. The largest absolute Gasteiger partial charge is 0.442 e. The second kappa shape index (κ2) is 5.40. The van der Waals surface area contributed by atoms with Crippen molar-refractivity contribution in [2.24, 2.45) is 4.36 Å². The van der Waals surface area contributed by atoms with Crippen molar-refractivity contribution in [2.75, 3.05) is 6.26 Å². The van der Waals surface area contributed by atoms with Gasteiger partial charge in [0.05, 0.1) is 9.73 Å². The summed E-state index contributed by atoms with van der Waals surface area (Å²) in [5.41, 5.74) is -0.645. The second-order valence-electron chi connectivity index (χ2n) is 4.83. The van der Waals surface area contributed by atoms with Crippen LogP contribution in [0.2, 0.25) is 0 Å². The predicted octanol–water partition coefficient (Wildman–Crippen LogP) is 3.84. The lowest BCUT2D eigenvalue weighted by atomic mass is 10.2. The molecule has 0 aliphatic carbocycles. The molecular formula is C12H16BrNO3S. The zero-order valence-corrected chi connectivity index (χ0v) is 13.2. The Bertz CT molecular complexity index is 569. The number of hydrogen-bond acceptors (Lipinski definition) is 3. The van der Waals surface area contributed by atoms with Gasteiger partial charge in [-0.1, -0.05) is 22.0 Å². The Kier molecular flexibility index (Phi) is 4.55. The Morgan fingerprint density at radius 1 is 1.39 bits per heavy atom. The average molecular weight is 334 g/mol. The van der Waals surface area contributed by atoms with E-state index in [4.69, 9.17) is 4.74 Å². The Hall–Kier alpha value is -0.880. The van der Waals surface area contributed by atoms with Gasteiger partial charge in [0.15, 0.2) is 0 Å². The molecule has 0 N–H and O–H groups in total. The van der Waals surface area contributed by atoms with Gasteiger partial charge >= 0.3 is 6.09 Å². The van der Waals surface area contributed by atoms with E-state index >= 15 is 0 Å². The molecule has 18 heavy (non-hydrogen) atoms. The first-order chi connectivity index (χ1) is 8.10. The van der Waals surface area contributed by atoms with Gasteiger partial charge in [-0.2, -0.15) is 0 Å². The molecule has 0 spiro atoms. The third kappa shape index (κ3) is 4.78. The highest BCUT2D eigenvalue weighted by molar-refractivity contribution is 9.10. The molecule has 0 aromatic heterocycles. The fraction of sp³-hybridized carbons (Fsp3) is 0.417. The number of rotatable bonds is 1. The van der Waals surface area contributed by atoms with Crippen LogP contribution in [0.3, 0.4) is 0 Å². The topological polar surface area (TPSA) is 55.7 Å². The van der Waals surface area contributed by atoms with Crippen LogP contribution in [0.5, 0.6) is 0 Å². The van der Waals surface area contributed by atoms with Crippen LogP contribution in [-0.2, 0) is 14.5 Å². The van der Waals surface area contributed by atoms with Crippen molar-refractivity contribution in [3.63, 3.8) is 0 Å². The van der Waals surface area contributed by atoms with Crippen LogP contribution in [0.15, 0.2) is 38.0 Å². The molecule has 0 radical (unpaired) electrons. The second-order valence-corrected chi connectivity index (χ2v) is 8.01. The van der Waals surface area contributed by atoms with E-state index in [1.165, 1.54) is 6.26 Å². The van der Waals surface area contributed by atoms with Gasteiger partial charge in [0.2, 0.25) is 0 Å². The number of nitrogens with zero attached hydrogens (tertiary/aromatic N) is 1. The molecule has 1 aromatic carbocycles. The van der Waals surface area contributed by atoms with Crippen LogP contribution in [-0.4, -0.2) is 22.2 Å². The van der Waals surface area contributed by atoms with E-state index in [2.05, 4.69) is 20.3 Å². The number of benzene rings is 1. The fourth-order valence-electron chi connectivity index (χ4n) is 1.18. The maximum absolute atomic E-state index is 12.3. The summed E-state index contributed by atoms with van der Waals surface area (Å²) in [5, 5.41) is 0. The van der Waals surface area contributed by atoms with E-state index < -0.39 is 21.4 Å². The standard InChI is InChI=1S/C12H16BrNO3S/c1-12(2,3)17-11(15)14-18(4,16)10-7-5-6-9(13)8-10/h5-8H,1-4H3/t18-/m1/s1. The van der Waals surface area contributed by atoms with Gasteiger partial charge in [-0.3, -0.25) is 0 Å². The van der Waals surface area contributed by atoms with Gasteiger partial charge in [-0.15, -0.1) is 4.36 Å². The monoisotopic (exact) mass is 333 g/mol. The summed E-state index contributed by atoms with van der Waals surface area (Å²) in [6.45, 7) is 5.20. The maximum atomic E-state index is 12.3. The normalized spacial score (nSPS) is 14.7. The lowest BCUT2D eigenvalue weighted by molar-refractivity contribution is 0.0607. The molecule has 1 atom stereocenters. The first-order valence-corrected chi connectivity index (χ1v) is 8.02. The first-order valence-electron chi connectivity index (χ1n) is 5.31. The van der Waals surface area contributed by atoms with Crippen LogP contribution in [0, 0.1) is 0 Å². The Balaban J connectivity index is 3.07. The molecule has 0 aliphatic rings. The van der Waals surface area contributed by atoms with Crippen molar-refractivity contribution in [1.82, 2.24) is 0 Å². The summed E-state index contributed by atoms with van der Waals surface area (Å²) in [4.78, 5) is 12.0. The van der Waals surface area contributed by atoms with Crippen molar-refractivity contribution in [1.29, 1.82) is 0 Å². The van der Waals surface area contributed by atoms with Crippen molar-refractivity contribution in [2.45, 2.75) is 31.3 Å². The molecule has 0 bridgehead atoms. The summed E-state index contributed by atoms with van der Waals surface area (Å²) in [6, 6.07) is 6.90. The molecule has 0 saturated carbocycles. The molecule has 100 valence electrons. The summed E-state index contributed by atoms with van der Waals surface area (Å²) < 4.78 is 21.8. The lowest BCUT2D eigenvalue weighted by Crippen LogP contribution is -2.22. The summed E-state index contributed by atoms with van der Waals surface area (Å²) in [5.74, 6) is 0.